The highest BCUT2D eigenvalue weighted by atomic mass is 32.1. The fourth-order valence-corrected chi connectivity index (χ4v) is 7.41. The second kappa shape index (κ2) is 9.55. The Kier molecular flexibility index (Phi) is 5.37. The van der Waals surface area contributed by atoms with Gasteiger partial charge in [-0.2, -0.15) is 0 Å². The van der Waals surface area contributed by atoms with E-state index >= 15 is 0 Å². The molecular weight excluding hydrogens is 543 g/mol. The smallest absolute Gasteiger partial charge is 0.164 e. The van der Waals surface area contributed by atoms with Gasteiger partial charge in [-0.15, -0.1) is 11.3 Å². The fraction of sp³-hybridized carbons (Fsp3) is 0. The zero-order chi connectivity index (χ0) is 28.3. The monoisotopic (exact) mass is 565 g/mol. The standard InChI is InChI=1S/C39H23N3S/c1-2-10-24(11-3-1)37-40-38(42-39(41-37)26-19-21-33-32-16-8-9-17-35(32)43-36(33)23-26)25-18-20-31-29-14-5-4-12-27(29)28-13-6-7-15-30(28)34(31)22-25/h1-23H. The number of thiophene rings is 1. The Balaban J connectivity index is 1.28. The van der Waals surface area contributed by atoms with Crippen LogP contribution in [0.25, 0.3) is 86.7 Å². The summed E-state index contributed by atoms with van der Waals surface area (Å²) in [4.78, 5) is 15.1. The van der Waals surface area contributed by atoms with Crippen LogP contribution >= 0.6 is 11.3 Å². The minimum Gasteiger partial charge on any atom is -0.208 e. The number of fused-ring (bicyclic) bond motifs is 9. The van der Waals surface area contributed by atoms with E-state index in [1.165, 1.54) is 52.5 Å². The van der Waals surface area contributed by atoms with Gasteiger partial charge in [-0.05, 0) is 50.5 Å². The Labute approximate surface area is 251 Å². The molecule has 43 heavy (non-hydrogen) atoms. The lowest BCUT2D eigenvalue weighted by Gasteiger charge is -2.12. The molecule has 9 aromatic rings. The van der Waals surface area contributed by atoms with E-state index < -0.39 is 0 Å². The van der Waals surface area contributed by atoms with E-state index in [9.17, 15) is 0 Å². The van der Waals surface area contributed by atoms with E-state index in [0.717, 1.165) is 16.7 Å². The van der Waals surface area contributed by atoms with Gasteiger partial charge in [0.05, 0.1) is 0 Å². The molecule has 2 heterocycles. The second-order valence-electron chi connectivity index (χ2n) is 10.8. The van der Waals surface area contributed by atoms with Crippen molar-refractivity contribution < 1.29 is 0 Å². The Morgan fingerprint density at radius 1 is 0.302 bits per heavy atom. The Hall–Kier alpha value is -5.45. The third-order valence-corrected chi connectivity index (χ3v) is 9.44. The molecule has 0 aliphatic rings. The second-order valence-corrected chi connectivity index (χ2v) is 11.9. The zero-order valence-corrected chi connectivity index (χ0v) is 23.8. The van der Waals surface area contributed by atoms with Gasteiger partial charge in [-0.25, -0.2) is 15.0 Å². The summed E-state index contributed by atoms with van der Waals surface area (Å²) in [5, 5.41) is 9.96. The van der Waals surface area contributed by atoms with Gasteiger partial charge in [-0.3, -0.25) is 0 Å². The predicted molar refractivity (Wildman–Crippen MR) is 182 cm³/mol. The molecule has 0 amide bonds. The van der Waals surface area contributed by atoms with Gasteiger partial charge in [0.1, 0.15) is 0 Å². The highest BCUT2D eigenvalue weighted by Gasteiger charge is 2.16. The van der Waals surface area contributed by atoms with E-state index in [1.54, 1.807) is 11.3 Å². The first-order valence-corrected chi connectivity index (χ1v) is 15.2. The third-order valence-electron chi connectivity index (χ3n) is 8.31. The van der Waals surface area contributed by atoms with Crippen molar-refractivity contribution in [3.63, 3.8) is 0 Å². The molecule has 7 aromatic carbocycles. The van der Waals surface area contributed by atoms with E-state index in [4.69, 9.17) is 15.0 Å². The van der Waals surface area contributed by atoms with Crippen molar-refractivity contribution in [2.75, 3.05) is 0 Å². The van der Waals surface area contributed by atoms with E-state index in [2.05, 4.69) is 121 Å². The summed E-state index contributed by atoms with van der Waals surface area (Å²) in [6.07, 6.45) is 0. The van der Waals surface area contributed by atoms with Crippen molar-refractivity contribution in [1.82, 2.24) is 15.0 Å². The van der Waals surface area contributed by atoms with Gasteiger partial charge in [0.25, 0.3) is 0 Å². The number of hydrogen-bond donors (Lipinski definition) is 0. The molecule has 3 nitrogen and oxygen atoms in total. The lowest BCUT2D eigenvalue weighted by atomic mass is 9.93. The van der Waals surface area contributed by atoms with Gasteiger partial charge in [0.15, 0.2) is 17.5 Å². The quantitative estimate of drug-likeness (QED) is 0.200. The molecule has 0 atom stereocenters. The molecule has 200 valence electrons. The number of hydrogen-bond acceptors (Lipinski definition) is 4. The van der Waals surface area contributed by atoms with Gasteiger partial charge < -0.3 is 0 Å². The normalized spacial score (nSPS) is 11.7. The van der Waals surface area contributed by atoms with Crippen molar-refractivity contribution in [2.45, 2.75) is 0 Å². The number of rotatable bonds is 3. The molecule has 4 heteroatoms. The van der Waals surface area contributed by atoms with Crippen LogP contribution in [0.2, 0.25) is 0 Å². The first-order valence-electron chi connectivity index (χ1n) is 14.4. The van der Waals surface area contributed by atoms with Crippen LogP contribution in [0.15, 0.2) is 140 Å². The molecule has 0 saturated carbocycles. The molecule has 0 radical (unpaired) electrons. The highest BCUT2D eigenvalue weighted by Crippen LogP contribution is 2.38. The molecule has 0 aliphatic heterocycles. The van der Waals surface area contributed by atoms with Gasteiger partial charge in [0, 0.05) is 36.9 Å². The average molecular weight is 566 g/mol. The molecular formula is C39H23N3S. The summed E-state index contributed by atoms with van der Waals surface area (Å²) < 4.78 is 2.51. The van der Waals surface area contributed by atoms with Crippen molar-refractivity contribution >= 4 is 63.8 Å². The van der Waals surface area contributed by atoms with Crippen LogP contribution in [0, 0.1) is 0 Å². The largest absolute Gasteiger partial charge is 0.208 e. The van der Waals surface area contributed by atoms with Crippen LogP contribution in [0.4, 0.5) is 0 Å². The topological polar surface area (TPSA) is 38.7 Å². The lowest BCUT2D eigenvalue weighted by molar-refractivity contribution is 1.08. The minimum absolute atomic E-state index is 0.666. The van der Waals surface area contributed by atoms with Gasteiger partial charge in [0.2, 0.25) is 0 Å². The Morgan fingerprint density at radius 3 is 1.40 bits per heavy atom. The molecule has 2 aromatic heterocycles. The summed E-state index contributed by atoms with van der Waals surface area (Å²) in [6.45, 7) is 0. The van der Waals surface area contributed by atoms with Crippen LogP contribution in [0.3, 0.4) is 0 Å². The zero-order valence-electron chi connectivity index (χ0n) is 23.0. The van der Waals surface area contributed by atoms with Crippen molar-refractivity contribution in [1.29, 1.82) is 0 Å². The first kappa shape index (κ1) is 24.2. The molecule has 0 fully saturated rings. The summed E-state index contributed by atoms with van der Waals surface area (Å²) in [6, 6.07) is 49.2. The van der Waals surface area contributed by atoms with E-state index in [1.807, 2.05) is 18.2 Å². The van der Waals surface area contributed by atoms with Crippen LogP contribution in [0.1, 0.15) is 0 Å². The van der Waals surface area contributed by atoms with Crippen molar-refractivity contribution in [2.24, 2.45) is 0 Å². The highest BCUT2D eigenvalue weighted by molar-refractivity contribution is 7.25. The number of benzene rings is 7. The molecule has 0 saturated heterocycles. The summed E-state index contributed by atoms with van der Waals surface area (Å²) in [7, 11) is 0. The fourth-order valence-electron chi connectivity index (χ4n) is 6.26. The number of nitrogens with zero attached hydrogens (tertiary/aromatic N) is 3. The Bertz CT molecular complexity index is 2480. The van der Waals surface area contributed by atoms with Crippen LogP contribution in [-0.4, -0.2) is 15.0 Å². The molecule has 0 bridgehead atoms. The third kappa shape index (κ3) is 3.92. The maximum atomic E-state index is 5.09. The van der Waals surface area contributed by atoms with Gasteiger partial charge >= 0.3 is 0 Å². The molecule has 0 aliphatic carbocycles. The van der Waals surface area contributed by atoms with Crippen LogP contribution in [0.5, 0.6) is 0 Å². The molecule has 0 N–H and O–H groups in total. The maximum Gasteiger partial charge on any atom is 0.164 e. The average Bonchev–Trinajstić information content (AvgIpc) is 3.46. The van der Waals surface area contributed by atoms with E-state index in [0.29, 0.717) is 17.5 Å². The van der Waals surface area contributed by atoms with Crippen LogP contribution < -0.4 is 0 Å². The van der Waals surface area contributed by atoms with E-state index in [-0.39, 0.29) is 0 Å². The first-order chi connectivity index (χ1) is 21.3. The maximum absolute atomic E-state index is 5.09. The van der Waals surface area contributed by atoms with Crippen molar-refractivity contribution in [3.8, 4) is 34.2 Å². The van der Waals surface area contributed by atoms with Crippen molar-refractivity contribution in [3.05, 3.63) is 140 Å². The molecule has 0 unspecified atom stereocenters. The minimum atomic E-state index is 0.666. The Morgan fingerprint density at radius 2 is 0.744 bits per heavy atom. The van der Waals surface area contributed by atoms with Gasteiger partial charge in [-0.1, -0.05) is 121 Å². The lowest BCUT2D eigenvalue weighted by Crippen LogP contribution is -2.00. The summed E-state index contributed by atoms with van der Waals surface area (Å²) >= 11 is 1.80. The number of aromatic nitrogens is 3. The molecule has 9 rings (SSSR count). The summed E-state index contributed by atoms with van der Waals surface area (Å²) in [5.74, 6) is 2.01. The summed E-state index contributed by atoms with van der Waals surface area (Å²) in [5.41, 5.74) is 2.92. The SMILES string of the molecule is c1ccc(-c2nc(-c3ccc4c(c3)sc3ccccc34)nc(-c3ccc4c5ccccc5c5ccccc5c4c3)n2)cc1. The predicted octanol–water partition coefficient (Wildman–Crippen LogP) is 10.7. The van der Waals surface area contributed by atoms with Crippen LogP contribution in [-0.2, 0) is 0 Å². The molecule has 0 spiro atoms.